The largest absolute Gasteiger partial charge is 0.466 e. The SMILES string of the molecule is CCN(CC)CCCN(CC)CCCCCCOC(=O)CCCC1CC2NC(=O)NC2CS1. The number of nitrogens with zero attached hydrogens (tertiary/aromatic N) is 2. The Morgan fingerprint density at radius 3 is 2.33 bits per heavy atom. The number of hydrogen-bond donors (Lipinski definition) is 2. The number of unbranched alkanes of at least 4 members (excludes halogenated alkanes) is 3. The van der Waals surface area contributed by atoms with Crippen molar-refractivity contribution in [1.29, 1.82) is 0 Å². The third kappa shape index (κ3) is 11.3. The van der Waals surface area contributed by atoms with E-state index in [0.717, 1.165) is 57.5 Å². The molecule has 2 heterocycles. The van der Waals surface area contributed by atoms with Crippen molar-refractivity contribution in [3.8, 4) is 0 Å². The van der Waals surface area contributed by atoms with E-state index < -0.39 is 0 Å². The van der Waals surface area contributed by atoms with Crippen molar-refractivity contribution >= 4 is 23.8 Å². The predicted octanol–water partition coefficient (Wildman–Crippen LogP) is 3.87. The minimum atomic E-state index is -0.0603. The highest BCUT2D eigenvalue weighted by molar-refractivity contribution is 8.00. The molecule has 2 amide bonds. The summed E-state index contributed by atoms with van der Waals surface area (Å²) in [5.41, 5.74) is 0. The third-order valence-corrected chi connectivity index (χ3v) is 8.43. The number of carbonyl (C=O) groups excluding carboxylic acids is 2. The van der Waals surface area contributed by atoms with Gasteiger partial charge in [0.25, 0.3) is 0 Å². The number of rotatable bonds is 18. The lowest BCUT2D eigenvalue weighted by Crippen LogP contribution is -2.42. The monoisotopic (exact) mass is 484 g/mol. The summed E-state index contributed by atoms with van der Waals surface area (Å²) in [5.74, 6) is 0.903. The van der Waals surface area contributed by atoms with Gasteiger partial charge in [0.1, 0.15) is 0 Å². The van der Waals surface area contributed by atoms with Gasteiger partial charge in [-0.1, -0.05) is 33.6 Å². The molecule has 0 radical (unpaired) electrons. The van der Waals surface area contributed by atoms with Crippen LogP contribution in [-0.4, -0.2) is 90.8 Å². The Labute approximate surface area is 206 Å². The first kappa shape index (κ1) is 28.2. The van der Waals surface area contributed by atoms with Crippen molar-refractivity contribution in [2.24, 2.45) is 0 Å². The van der Waals surface area contributed by atoms with Crippen LogP contribution in [0, 0.1) is 0 Å². The number of hydrogen-bond acceptors (Lipinski definition) is 6. The molecule has 0 aromatic rings. The van der Waals surface area contributed by atoms with Crippen molar-refractivity contribution in [2.75, 3.05) is 51.6 Å². The van der Waals surface area contributed by atoms with Crippen LogP contribution in [0.15, 0.2) is 0 Å². The quantitative estimate of drug-likeness (QED) is 0.227. The maximum atomic E-state index is 12.0. The first-order valence-corrected chi connectivity index (χ1v) is 14.4. The molecule has 2 aliphatic heterocycles. The fourth-order valence-corrected chi connectivity index (χ4v) is 6.23. The number of amides is 2. The molecule has 2 fully saturated rings. The number of fused-ring (bicyclic) bond motifs is 1. The third-order valence-electron chi connectivity index (χ3n) is 6.98. The lowest BCUT2D eigenvalue weighted by Gasteiger charge is -2.30. The van der Waals surface area contributed by atoms with Crippen LogP contribution in [0.25, 0.3) is 0 Å². The molecule has 3 unspecified atom stereocenters. The van der Waals surface area contributed by atoms with Crippen molar-refractivity contribution in [1.82, 2.24) is 20.4 Å². The van der Waals surface area contributed by atoms with Gasteiger partial charge in [-0.25, -0.2) is 4.79 Å². The summed E-state index contributed by atoms with van der Waals surface area (Å²) in [6.07, 6.45) is 9.17. The normalized spacial score (nSPS) is 22.3. The van der Waals surface area contributed by atoms with Gasteiger partial charge in [-0.3, -0.25) is 4.79 Å². The average molecular weight is 485 g/mol. The Morgan fingerprint density at radius 1 is 0.909 bits per heavy atom. The molecule has 0 aliphatic carbocycles. The van der Waals surface area contributed by atoms with Gasteiger partial charge in [-0.05, 0) is 77.8 Å². The molecule has 192 valence electrons. The molecule has 0 saturated carbocycles. The minimum absolute atomic E-state index is 0.0385. The molecule has 0 aromatic heterocycles. The van der Waals surface area contributed by atoms with E-state index in [2.05, 4.69) is 41.2 Å². The molecular formula is C25H48N4O3S. The van der Waals surface area contributed by atoms with E-state index in [1.807, 2.05) is 11.8 Å². The topological polar surface area (TPSA) is 73.9 Å². The van der Waals surface area contributed by atoms with E-state index >= 15 is 0 Å². The standard InChI is InChI=1S/C25H48N4O3S/c1-4-28(5-2)16-12-17-29(6-3)15-9-7-8-10-18-32-24(30)14-11-13-21-19-22-23(20-33-21)27-25(31)26-22/h21-23H,4-20H2,1-3H3,(H2,26,27,31). The molecule has 2 saturated heterocycles. The summed E-state index contributed by atoms with van der Waals surface area (Å²) >= 11 is 1.92. The molecule has 0 spiro atoms. The molecule has 0 aromatic carbocycles. The first-order chi connectivity index (χ1) is 16.0. The predicted molar refractivity (Wildman–Crippen MR) is 138 cm³/mol. The smallest absolute Gasteiger partial charge is 0.315 e. The second-order valence-corrected chi connectivity index (χ2v) is 10.7. The second kappa shape index (κ2) is 16.6. The van der Waals surface area contributed by atoms with Crippen LogP contribution in [-0.2, 0) is 9.53 Å². The Kier molecular flexibility index (Phi) is 14.2. The van der Waals surface area contributed by atoms with Crippen LogP contribution in [0.2, 0.25) is 0 Å². The van der Waals surface area contributed by atoms with Crippen molar-refractivity contribution < 1.29 is 14.3 Å². The van der Waals surface area contributed by atoms with Crippen LogP contribution in [0.4, 0.5) is 4.79 Å². The van der Waals surface area contributed by atoms with E-state index in [0.29, 0.717) is 18.3 Å². The first-order valence-electron chi connectivity index (χ1n) is 13.3. The van der Waals surface area contributed by atoms with E-state index in [1.54, 1.807) is 0 Å². The van der Waals surface area contributed by atoms with Crippen LogP contribution in [0.1, 0.15) is 78.6 Å². The van der Waals surface area contributed by atoms with Crippen LogP contribution >= 0.6 is 11.8 Å². The molecule has 3 atom stereocenters. The molecule has 7 nitrogen and oxygen atoms in total. The summed E-state index contributed by atoms with van der Waals surface area (Å²) in [4.78, 5) is 28.5. The Morgan fingerprint density at radius 2 is 1.58 bits per heavy atom. The fraction of sp³-hybridized carbons (Fsp3) is 0.920. The number of ether oxygens (including phenoxy) is 1. The van der Waals surface area contributed by atoms with Gasteiger partial charge in [0.2, 0.25) is 0 Å². The maximum absolute atomic E-state index is 12.0. The lowest BCUT2D eigenvalue weighted by molar-refractivity contribution is -0.143. The van der Waals surface area contributed by atoms with Crippen LogP contribution in [0.5, 0.6) is 0 Å². The number of nitrogens with one attached hydrogen (secondary N) is 2. The summed E-state index contributed by atoms with van der Waals surface area (Å²) in [5, 5.41) is 6.49. The highest BCUT2D eigenvalue weighted by atomic mass is 32.2. The number of urea groups is 1. The highest BCUT2D eigenvalue weighted by Gasteiger charge is 2.37. The second-order valence-electron chi connectivity index (χ2n) is 9.36. The summed E-state index contributed by atoms with van der Waals surface area (Å²) in [6, 6.07) is 0.488. The Hall–Kier alpha value is -0.990. The molecule has 2 aliphatic rings. The van der Waals surface area contributed by atoms with Gasteiger partial charge in [-0.2, -0.15) is 11.8 Å². The van der Waals surface area contributed by atoms with Gasteiger partial charge in [0.15, 0.2) is 0 Å². The maximum Gasteiger partial charge on any atom is 0.315 e. The van der Waals surface area contributed by atoms with E-state index in [4.69, 9.17) is 4.74 Å². The summed E-state index contributed by atoms with van der Waals surface area (Å²) in [7, 11) is 0. The van der Waals surface area contributed by atoms with Crippen molar-refractivity contribution in [3.63, 3.8) is 0 Å². The zero-order chi connectivity index (χ0) is 23.9. The van der Waals surface area contributed by atoms with Crippen molar-refractivity contribution in [2.45, 2.75) is 95.9 Å². The lowest BCUT2D eigenvalue weighted by atomic mass is 10.0. The highest BCUT2D eigenvalue weighted by Crippen LogP contribution is 2.31. The molecule has 2 rings (SSSR count). The zero-order valence-corrected chi connectivity index (χ0v) is 22.1. The molecule has 0 bridgehead atoms. The number of carbonyl (C=O) groups is 2. The van der Waals surface area contributed by atoms with Crippen LogP contribution < -0.4 is 10.6 Å². The number of esters is 1. The average Bonchev–Trinajstić information content (AvgIpc) is 3.19. The van der Waals surface area contributed by atoms with Gasteiger partial charge in [-0.15, -0.1) is 0 Å². The molecule has 33 heavy (non-hydrogen) atoms. The Bertz CT molecular complexity index is 562. The Balaban J connectivity index is 1.40. The van der Waals surface area contributed by atoms with Crippen LogP contribution in [0.3, 0.4) is 0 Å². The van der Waals surface area contributed by atoms with E-state index in [-0.39, 0.29) is 24.1 Å². The van der Waals surface area contributed by atoms with Gasteiger partial charge >= 0.3 is 12.0 Å². The molecule has 2 N–H and O–H groups in total. The van der Waals surface area contributed by atoms with E-state index in [9.17, 15) is 9.59 Å². The fourth-order valence-electron chi connectivity index (χ4n) is 4.76. The van der Waals surface area contributed by atoms with E-state index in [1.165, 1.54) is 38.9 Å². The number of thioether (sulfide) groups is 1. The zero-order valence-electron chi connectivity index (χ0n) is 21.3. The molecule has 8 heteroatoms. The molecular weight excluding hydrogens is 436 g/mol. The van der Waals surface area contributed by atoms with Gasteiger partial charge < -0.3 is 25.2 Å². The minimum Gasteiger partial charge on any atom is -0.466 e. The van der Waals surface area contributed by atoms with Crippen molar-refractivity contribution in [3.05, 3.63) is 0 Å². The summed E-state index contributed by atoms with van der Waals surface area (Å²) < 4.78 is 5.43. The van der Waals surface area contributed by atoms with Gasteiger partial charge in [0.05, 0.1) is 18.7 Å². The van der Waals surface area contributed by atoms with Gasteiger partial charge in [0, 0.05) is 17.4 Å². The summed E-state index contributed by atoms with van der Waals surface area (Å²) in [6.45, 7) is 14.3.